The van der Waals surface area contributed by atoms with Crippen molar-refractivity contribution in [2.24, 2.45) is 0 Å². The van der Waals surface area contributed by atoms with Crippen molar-refractivity contribution in [3.05, 3.63) is 87.5 Å². The lowest BCUT2D eigenvalue weighted by Gasteiger charge is -2.35. The van der Waals surface area contributed by atoms with Crippen LogP contribution < -0.4 is 0 Å². The largest absolute Gasteiger partial charge is 0.335 e. The molecule has 7 heteroatoms. The van der Waals surface area contributed by atoms with Gasteiger partial charge in [0, 0.05) is 48.9 Å². The number of carbonyl (C=O) groups excluding carboxylic acids is 2. The van der Waals surface area contributed by atoms with Gasteiger partial charge in [-0.1, -0.05) is 30.3 Å². The van der Waals surface area contributed by atoms with E-state index in [-0.39, 0.29) is 17.5 Å². The number of amides is 2. The fourth-order valence-corrected chi connectivity index (χ4v) is 3.79. The summed E-state index contributed by atoms with van der Waals surface area (Å²) in [7, 11) is 0. The molecular weight excluding hydrogens is 382 g/mol. The summed E-state index contributed by atoms with van der Waals surface area (Å²) in [5, 5.41) is 13.1. The molecule has 0 atom stereocenters. The lowest BCUT2D eigenvalue weighted by Crippen LogP contribution is -2.50. The van der Waals surface area contributed by atoms with Crippen LogP contribution in [0.25, 0.3) is 10.8 Å². The number of fused-ring (bicyclic) bond motifs is 1. The van der Waals surface area contributed by atoms with E-state index in [9.17, 15) is 19.7 Å². The zero-order valence-electron chi connectivity index (χ0n) is 16.6. The molecule has 1 saturated heterocycles. The van der Waals surface area contributed by atoms with Crippen molar-refractivity contribution >= 4 is 28.3 Å². The molecule has 1 heterocycles. The minimum atomic E-state index is -0.458. The van der Waals surface area contributed by atoms with Crippen molar-refractivity contribution in [2.75, 3.05) is 26.2 Å². The van der Waals surface area contributed by atoms with Crippen LogP contribution in [0.3, 0.4) is 0 Å². The molecule has 0 bridgehead atoms. The number of aryl methyl sites for hydroxylation is 1. The maximum Gasteiger partial charge on any atom is 0.272 e. The van der Waals surface area contributed by atoms with Gasteiger partial charge in [-0.25, -0.2) is 0 Å². The normalized spacial score (nSPS) is 14.0. The third-order valence-corrected chi connectivity index (χ3v) is 5.49. The first kappa shape index (κ1) is 19.6. The molecule has 0 N–H and O–H groups in total. The summed E-state index contributed by atoms with van der Waals surface area (Å²) in [6, 6.07) is 18.0. The van der Waals surface area contributed by atoms with E-state index in [1.165, 1.54) is 12.1 Å². The van der Waals surface area contributed by atoms with Crippen molar-refractivity contribution in [3.8, 4) is 0 Å². The number of hydrogen-bond acceptors (Lipinski definition) is 4. The zero-order valence-corrected chi connectivity index (χ0v) is 16.6. The molecule has 0 spiro atoms. The van der Waals surface area contributed by atoms with Crippen molar-refractivity contribution < 1.29 is 14.5 Å². The quantitative estimate of drug-likeness (QED) is 0.494. The number of hydrogen-bond donors (Lipinski definition) is 0. The average Bonchev–Trinajstić information content (AvgIpc) is 2.77. The van der Waals surface area contributed by atoms with Crippen LogP contribution in [0.1, 0.15) is 26.3 Å². The van der Waals surface area contributed by atoms with Gasteiger partial charge >= 0.3 is 0 Å². The van der Waals surface area contributed by atoms with Gasteiger partial charge < -0.3 is 9.80 Å². The number of piperazine rings is 1. The minimum Gasteiger partial charge on any atom is -0.335 e. The predicted molar refractivity (Wildman–Crippen MR) is 114 cm³/mol. The fourth-order valence-electron chi connectivity index (χ4n) is 3.79. The van der Waals surface area contributed by atoms with Gasteiger partial charge in [0.1, 0.15) is 0 Å². The number of rotatable bonds is 3. The first-order chi connectivity index (χ1) is 14.4. The Morgan fingerprint density at radius 1 is 0.800 bits per heavy atom. The number of nitrogens with zero attached hydrogens (tertiary/aromatic N) is 3. The molecule has 0 radical (unpaired) electrons. The van der Waals surface area contributed by atoms with Gasteiger partial charge in [0.2, 0.25) is 0 Å². The van der Waals surface area contributed by atoms with E-state index in [2.05, 4.69) is 0 Å². The Morgan fingerprint density at radius 3 is 1.90 bits per heavy atom. The van der Waals surface area contributed by atoms with E-state index in [4.69, 9.17) is 0 Å². The highest BCUT2D eigenvalue weighted by atomic mass is 16.6. The third-order valence-electron chi connectivity index (χ3n) is 5.49. The molecular formula is C23H21N3O4. The minimum absolute atomic E-state index is 0.00245. The van der Waals surface area contributed by atoms with Crippen molar-refractivity contribution in [1.82, 2.24) is 9.80 Å². The van der Waals surface area contributed by atoms with Gasteiger partial charge in [-0.15, -0.1) is 0 Å². The molecule has 2 amide bonds. The number of nitro groups is 1. The average molecular weight is 403 g/mol. The molecule has 152 valence electrons. The molecule has 1 fully saturated rings. The molecule has 1 aliphatic rings. The van der Waals surface area contributed by atoms with Crippen LogP contribution in [-0.4, -0.2) is 52.7 Å². The van der Waals surface area contributed by atoms with E-state index in [1.807, 2.05) is 42.5 Å². The molecule has 3 aromatic rings. The Hall–Kier alpha value is -3.74. The molecule has 0 saturated carbocycles. The van der Waals surface area contributed by atoms with E-state index >= 15 is 0 Å². The summed E-state index contributed by atoms with van der Waals surface area (Å²) in [4.78, 5) is 39.6. The van der Waals surface area contributed by atoms with Crippen molar-refractivity contribution in [1.29, 1.82) is 0 Å². The number of carbonyl (C=O) groups is 2. The van der Waals surface area contributed by atoms with E-state index in [1.54, 1.807) is 22.8 Å². The molecule has 1 aliphatic heterocycles. The maximum absolute atomic E-state index is 12.9. The van der Waals surface area contributed by atoms with Crippen LogP contribution in [0.15, 0.2) is 60.7 Å². The third kappa shape index (κ3) is 3.74. The Morgan fingerprint density at radius 2 is 1.33 bits per heavy atom. The van der Waals surface area contributed by atoms with Gasteiger partial charge in [0.25, 0.3) is 17.5 Å². The number of nitro benzene ring substituents is 1. The Labute approximate surface area is 173 Å². The van der Waals surface area contributed by atoms with E-state index in [0.717, 1.165) is 10.8 Å². The van der Waals surface area contributed by atoms with Gasteiger partial charge in [0.05, 0.1) is 4.92 Å². The molecule has 0 aromatic heterocycles. The molecule has 0 aliphatic carbocycles. The second-order valence-electron chi connectivity index (χ2n) is 7.40. The zero-order chi connectivity index (χ0) is 21.3. The summed E-state index contributed by atoms with van der Waals surface area (Å²) >= 11 is 0. The molecule has 30 heavy (non-hydrogen) atoms. The Kier molecular flexibility index (Phi) is 5.18. The van der Waals surface area contributed by atoms with Gasteiger partial charge in [-0.2, -0.15) is 0 Å². The molecule has 0 unspecified atom stereocenters. The van der Waals surface area contributed by atoms with Gasteiger partial charge in [0.15, 0.2) is 0 Å². The summed E-state index contributed by atoms with van der Waals surface area (Å²) in [5.41, 5.74) is 1.51. The SMILES string of the molecule is Cc1cc(C(=O)N2CCN(C(=O)c3ccc4ccccc4c3)CC2)ccc1[N+](=O)[O-]. The van der Waals surface area contributed by atoms with Crippen LogP contribution in [0, 0.1) is 17.0 Å². The van der Waals surface area contributed by atoms with Crippen LogP contribution in [0.5, 0.6) is 0 Å². The highest BCUT2D eigenvalue weighted by Gasteiger charge is 2.26. The fraction of sp³-hybridized carbons (Fsp3) is 0.217. The summed E-state index contributed by atoms with van der Waals surface area (Å²) < 4.78 is 0. The summed E-state index contributed by atoms with van der Waals surface area (Å²) in [6.07, 6.45) is 0. The molecule has 7 nitrogen and oxygen atoms in total. The monoisotopic (exact) mass is 403 g/mol. The van der Waals surface area contributed by atoms with Crippen LogP contribution in [0.2, 0.25) is 0 Å². The standard InChI is InChI=1S/C23H21N3O4/c1-16-14-19(8-9-21(16)26(29)30)22(27)24-10-12-25(13-11-24)23(28)20-7-6-17-4-2-3-5-18(17)15-20/h2-9,14-15H,10-13H2,1H3. The topological polar surface area (TPSA) is 83.8 Å². The summed E-state index contributed by atoms with van der Waals surface area (Å²) in [6.45, 7) is 3.37. The molecule has 3 aromatic carbocycles. The smallest absolute Gasteiger partial charge is 0.272 e. The van der Waals surface area contributed by atoms with Gasteiger partial charge in [-0.3, -0.25) is 19.7 Å². The van der Waals surface area contributed by atoms with Crippen LogP contribution in [0.4, 0.5) is 5.69 Å². The highest BCUT2D eigenvalue weighted by molar-refractivity contribution is 5.99. The van der Waals surface area contributed by atoms with Gasteiger partial charge in [-0.05, 0) is 42.0 Å². The summed E-state index contributed by atoms with van der Waals surface area (Å²) in [5.74, 6) is -0.218. The Bertz CT molecular complexity index is 1150. The molecule has 4 rings (SSSR count). The second kappa shape index (κ2) is 7.94. The van der Waals surface area contributed by atoms with E-state index in [0.29, 0.717) is 42.9 Å². The highest BCUT2D eigenvalue weighted by Crippen LogP contribution is 2.21. The first-order valence-electron chi connectivity index (χ1n) is 9.76. The maximum atomic E-state index is 12.9. The second-order valence-corrected chi connectivity index (χ2v) is 7.40. The van der Waals surface area contributed by atoms with Crippen LogP contribution in [-0.2, 0) is 0 Å². The Balaban J connectivity index is 1.42. The van der Waals surface area contributed by atoms with Crippen LogP contribution >= 0.6 is 0 Å². The lowest BCUT2D eigenvalue weighted by molar-refractivity contribution is -0.385. The van der Waals surface area contributed by atoms with E-state index < -0.39 is 4.92 Å². The van der Waals surface area contributed by atoms with Crippen molar-refractivity contribution in [2.45, 2.75) is 6.92 Å². The number of benzene rings is 3. The lowest BCUT2D eigenvalue weighted by atomic mass is 10.1. The van der Waals surface area contributed by atoms with Crippen molar-refractivity contribution in [3.63, 3.8) is 0 Å². The predicted octanol–water partition coefficient (Wildman–Crippen LogP) is 3.65. The first-order valence-corrected chi connectivity index (χ1v) is 9.76.